The lowest BCUT2D eigenvalue weighted by Crippen LogP contribution is -2.56. The zero-order valence-corrected chi connectivity index (χ0v) is 21.1. The summed E-state index contributed by atoms with van der Waals surface area (Å²) in [4.78, 5) is 44.5. The number of hydrogen-bond donors (Lipinski definition) is 1. The van der Waals surface area contributed by atoms with Gasteiger partial charge in [0.2, 0.25) is 5.91 Å². The third kappa shape index (κ3) is 3.78. The standard InChI is InChI=1S/C27H36N2O6/c1-6-14-28(21-17(3)10-8-11-18(21)4)24(32)22-27-13-12-26(5,35-27)20(25(33)34-7-2)19(27)23(31)29(22)15-9-16-30/h6,8,10-11,19-20,22,30H,1,7,9,12-16H2,2-5H3/t19-,20-,22?,26+,27?/m0/s1. The molecule has 3 aliphatic rings. The van der Waals surface area contributed by atoms with Crippen LogP contribution in [0.15, 0.2) is 30.9 Å². The lowest BCUT2D eigenvalue weighted by Gasteiger charge is -2.37. The maximum absolute atomic E-state index is 14.4. The minimum absolute atomic E-state index is 0.116. The van der Waals surface area contributed by atoms with Crippen LogP contribution in [0.2, 0.25) is 0 Å². The molecule has 5 atom stereocenters. The Balaban J connectivity index is 1.83. The van der Waals surface area contributed by atoms with Crippen LogP contribution in [-0.4, -0.2) is 71.3 Å². The first-order chi connectivity index (χ1) is 16.7. The third-order valence-corrected chi connectivity index (χ3v) is 7.90. The fourth-order valence-electron chi connectivity index (χ4n) is 6.58. The number of aryl methyl sites for hydroxylation is 2. The number of aliphatic hydroxyl groups is 1. The zero-order chi connectivity index (χ0) is 25.5. The quantitative estimate of drug-likeness (QED) is 0.428. The van der Waals surface area contributed by atoms with Gasteiger partial charge in [-0.3, -0.25) is 14.4 Å². The molecular weight excluding hydrogens is 448 g/mol. The molecule has 3 saturated heterocycles. The molecule has 1 aromatic rings. The number of aliphatic hydroxyl groups excluding tert-OH is 1. The van der Waals surface area contributed by atoms with Gasteiger partial charge in [0.1, 0.15) is 17.6 Å². The zero-order valence-electron chi connectivity index (χ0n) is 21.1. The molecule has 1 aromatic carbocycles. The van der Waals surface area contributed by atoms with Gasteiger partial charge in [-0.1, -0.05) is 24.3 Å². The Kier molecular flexibility index (Phi) is 6.81. The Labute approximate surface area is 206 Å². The van der Waals surface area contributed by atoms with Gasteiger partial charge in [-0.2, -0.15) is 0 Å². The normalized spacial score (nSPS) is 30.9. The van der Waals surface area contributed by atoms with Crippen molar-refractivity contribution in [3.05, 3.63) is 42.0 Å². The molecule has 35 heavy (non-hydrogen) atoms. The van der Waals surface area contributed by atoms with Crippen molar-refractivity contribution in [3.63, 3.8) is 0 Å². The van der Waals surface area contributed by atoms with Crippen molar-refractivity contribution >= 4 is 23.5 Å². The Morgan fingerprint density at radius 1 is 1.31 bits per heavy atom. The first kappa shape index (κ1) is 25.4. The molecule has 0 saturated carbocycles. The van der Waals surface area contributed by atoms with Crippen molar-refractivity contribution in [1.29, 1.82) is 0 Å². The van der Waals surface area contributed by atoms with E-state index in [1.807, 2.05) is 39.0 Å². The largest absolute Gasteiger partial charge is 0.466 e. The Morgan fingerprint density at radius 3 is 2.60 bits per heavy atom. The maximum Gasteiger partial charge on any atom is 0.312 e. The van der Waals surface area contributed by atoms with E-state index in [2.05, 4.69) is 6.58 Å². The topological polar surface area (TPSA) is 96.4 Å². The molecule has 0 aliphatic carbocycles. The summed E-state index contributed by atoms with van der Waals surface area (Å²) < 4.78 is 11.9. The van der Waals surface area contributed by atoms with Gasteiger partial charge in [0.15, 0.2) is 0 Å². The lowest BCUT2D eigenvalue weighted by atomic mass is 9.66. The maximum atomic E-state index is 14.4. The molecule has 3 fully saturated rings. The minimum Gasteiger partial charge on any atom is -0.466 e. The molecule has 1 spiro atoms. The number of carbonyl (C=O) groups excluding carboxylic acids is 3. The molecular formula is C27H36N2O6. The van der Waals surface area contributed by atoms with Gasteiger partial charge in [-0.05, 0) is 58.1 Å². The first-order valence-electron chi connectivity index (χ1n) is 12.4. The molecule has 8 heteroatoms. The second kappa shape index (κ2) is 9.39. The van der Waals surface area contributed by atoms with E-state index in [-0.39, 0.29) is 38.1 Å². The van der Waals surface area contributed by atoms with Crippen LogP contribution in [0.25, 0.3) is 0 Å². The summed E-state index contributed by atoms with van der Waals surface area (Å²) in [6.45, 7) is 11.9. The van der Waals surface area contributed by atoms with E-state index < -0.39 is 35.0 Å². The van der Waals surface area contributed by atoms with E-state index in [0.717, 1.165) is 16.8 Å². The van der Waals surface area contributed by atoms with Gasteiger partial charge in [-0.15, -0.1) is 6.58 Å². The van der Waals surface area contributed by atoms with Crippen molar-refractivity contribution in [2.45, 2.75) is 64.2 Å². The fraction of sp³-hybridized carbons (Fsp3) is 0.593. The number of anilines is 1. The number of benzene rings is 1. The summed E-state index contributed by atoms with van der Waals surface area (Å²) >= 11 is 0. The van der Waals surface area contributed by atoms with E-state index in [1.54, 1.807) is 17.9 Å². The molecule has 1 N–H and O–H groups in total. The Morgan fingerprint density at radius 2 is 2.00 bits per heavy atom. The molecule has 2 unspecified atom stereocenters. The third-order valence-electron chi connectivity index (χ3n) is 7.90. The number of para-hydroxylation sites is 1. The van der Waals surface area contributed by atoms with Crippen molar-refractivity contribution < 1.29 is 29.0 Å². The lowest BCUT2D eigenvalue weighted by molar-refractivity contribution is -0.159. The van der Waals surface area contributed by atoms with Crippen LogP contribution in [0.3, 0.4) is 0 Å². The number of carbonyl (C=O) groups is 3. The second-order valence-electron chi connectivity index (χ2n) is 10.1. The highest BCUT2D eigenvalue weighted by Crippen LogP contribution is 2.63. The van der Waals surface area contributed by atoms with Crippen LogP contribution in [0.5, 0.6) is 0 Å². The van der Waals surface area contributed by atoms with Crippen LogP contribution >= 0.6 is 0 Å². The molecule has 4 rings (SSSR count). The molecule has 3 aliphatic heterocycles. The first-order valence-corrected chi connectivity index (χ1v) is 12.4. The van der Waals surface area contributed by atoms with E-state index in [4.69, 9.17) is 9.47 Å². The summed E-state index contributed by atoms with van der Waals surface area (Å²) in [6.07, 6.45) is 3.05. The van der Waals surface area contributed by atoms with Crippen LogP contribution in [0, 0.1) is 25.7 Å². The van der Waals surface area contributed by atoms with Crippen molar-refractivity contribution in [2.75, 3.05) is 31.2 Å². The van der Waals surface area contributed by atoms with Gasteiger partial charge < -0.3 is 24.4 Å². The van der Waals surface area contributed by atoms with Crippen LogP contribution in [0.1, 0.15) is 44.2 Å². The van der Waals surface area contributed by atoms with Gasteiger partial charge >= 0.3 is 5.97 Å². The van der Waals surface area contributed by atoms with E-state index >= 15 is 0 Å². The average Bonchev–Trinajstić information content (AvgIpc) is 3.37. The second-order valence-corrected chi connectivity index (χ2v) is 10.1. The van der Waals surface area contributed by atoms with E-state index in [1.165, 1.54) is 4.90 Å². The summed E-state index contributed by atoms with van der Waals surface area (Å²) in [7, 11) is 0. The number of hydrogen-bond acceptors (Lipinski definition) is 6. The van der Waals surface area contributed by atoms with E-state index in [0.29, 0.717) is 19.3 Å². The summed E-state index contributed by atoms with van der Waals surface area (Å²) in [6, 6.07) is 4.93. The summed E-state index contributed by atoms with van der Waals surface area (Å²) in [5.74, 6) is -2.56. The van der Waals surface area contributed by atoms with Gasteiger partial charge in [-0.25, -0.2) is 0 Å². The van der Waals surface area contributed by atoms with Crippen molar-refractivity contribution in [1.82, 2.24) is 4.90 Å². The highest BCUT2D eigenvalue weighted by molar-refractivity contribution is 6.05. The molecule has 2 amide bonds. The molecule has 3 heterocycles. The number of ether oxygens (including phenoxy) is 2. The molecule has 0 aromatic heterocycles. The predicted octanol–water partition coefficient (Wildman–Crippen LogP) is 2.53. The van der Waals surface area contributed by atoms with Gasteiger partial charge in [0.25, 0.3) is 5.91 Å². The van der Waals surface area contributed by atoms with Crippen molar-refractivity contribution in [2.24, 2.45) is 11.8 Å². The molecule has 190 valence electrons. The summed E-state index contributed by atoms with van der Waals surface area (Å²) in [5, 5.41) is 9.51. The number of esters is 1. The van der Waals surface area contributed by atoms with Crippen LogP contribution in [0.4, 0.5) is 5.69 Å². The van der Waals surface area contributed by atoms with Crippen molar-refractivity contribution in [3.8, 4) is 0 Å². The number of rotatable bonds is 9. The number of amides is 2. The highest BCUT2D eigenvalue weighted by atomic mass is 16.6. The smallest absolute Gasteiger partial charge is 0.312 e. The fourth-order valence-corrected chi connectivity index (χ4v) is 6.58. The monoisotopic (exact) mass is 484 g/mol. The Hall–Kier alpha value is -2.71. The minimum atomic E-state index is -1.12. The molecule has 2 bridgehead atoms. The highest BCUT2D eigenvalue weighted by Gasteiger charge is 2.78. The van der Waals surface area contributed by atoms with Gasteiger partial charge in [0, 0.05) is 25.4 Å². The average molecular weight is 485 g/mol. The van der Waals surface area contributed by atoms with Crippen LogP contribution in [-0.2, 0) is 23.9 Å². The van der Waals surface area contributed by atoms with E-state index in [9.17, 15) is 19.5 Å². The number of fused-ring (bicyclic) bond motifs is 1. The molecule has 0 radical (unpaired) electrons. The molecule has 8 nitrogen and oxygen atoms in total. The van der Waals surface area contributed by atoms with Crippen LogP contribution < -0.4 is 4.90 Å². The van der Waals surface area contributed by atoms with Gasteiger partial charge in [0.05, 0.1) is 18.1 Å². The number of likely N-dealkylation sites (tertiary alicyclic amines) is 1. The Bertz CT molecular complexity index is 1020. The SMILES string of the molecule is C=CCN(C(=O)C1N(CCCO)C(=O)[C@@H]2[C@@H](C(=O)OCC)[C@@]3(C)CCC12O3)c1c(C)cccc1C. The predicted molar refractivity (Wildman–Crippen MR) is 131 cm³/mol. The number of nitrogens with zero attached hydrogens (tertiary/aromatic N) is 2. The summed E-state index contributed by atoms with van der Waals surface area (Å²) in [5.41, 5.74) is 0.677.